The quantitative estimate of drug-likeness (QED) is 0.868. The summed E-state index contributed by atoms with van der Waals surface area (Å²) in [5.74, 6) is -0.810. The maximum atomic E-state index is 10.9. The zero-order chi connectivity index (χ0) is 12.8. The van der Waals surface area contributed by atoms with Crippen LogP contribution in [0.2, 0.25) is 0 Å². The first-order chi connectivity index (χ1) is 8.75. The maximum Gasteiger partial charge on any atom is 0.323 e. The summed E-state index contributed by atoms with van der Waals surface area (Å²) in [4.78, 5) is 12.8. The van der Waals surface area contributed by atoms with Crippen molar-refractivity contribution < 1.29 is 14.6 Å². The van der Waals surface area contributed by atoms with E-state index in [1.165, 1.54) is 6.42 Å². The molecule has 1 saturated heterocycles. The topological polar surface area (TPSA) is 49.8 Å². The highest BCUT2D eigenvalue weighted by Gasteiger charge is 2.19. The van der Waals surface area contributed by atoms with Crippen LogP contribution < -0.4 is 4.90 Å². The van der Waals surface area contributed by atoms with E-state index in [9.17, 15) is 4.79 Å². The highest BCUT2D eigenvalue weighted by Crippen LogP contribution is 2.18. The van der Waals surface area contributed by atoms with E-state index in [1.54, 1.807) is 0 Å². The summed E-state index contributed by atoms with van der Waals surface area (Å²) in [7, 11) is 0. The molecule has 1 heterocycles. The van der Waals surface area contributed by atoms with Crippen molar-refractivity contribution >= 4 is 11.7 Å². The van der Waals surface area contributed by atoms with Crippen LogP contribution in [0.25, 0.3) is 0 Å². The average Bonchev–Trinajstić information content (AvgIpc) is 2.40. The number of carboxylic acids is 1. The van der Waals surface area contributed by atoms with Gasteiger partial charge in [-0.15, -0.1) is 0 Å². The van der Waals surface area contributed by atoms with Crippen LogP contribution in [0.5, 0.6) is 0 Å². The molecule has 2 rings (SSSR count). The van der Waals surface area contributed by atoms with Gasteiger partial charge in [-0.05, 0) is 31.4 Å². The van der Waals surface area contributed by atoms with Crippen LogP contribution in [0.3, 0.4) is 0 Å². The number of carbonyl (C=O) groups is 1. The fourth-order valence-corrected chi connectivity index (χ4v) is 2.26. The Hall–Kier alpha value is -1.55. The summed E-state index contributed by atoms with van der Waals surface area (Å²) in [6.07, 6.45) is 3.45. The van der Waals surface area contributed by atoms with Crippen LogP contribution >= 0.6 is 0 Å². The van der Waals surface area contributed by atoms with Crippen LogP contribution in [0, 0.1) is 0 Å². The molecule has 1 aliphatic heterocycles. The lowest BCUT2D eigenvalue weighted by Gasteiger charge is -2.30. The van der Waals surface area contributed by atoms with Gasteiger partial charge in [-0.3, -0.25) is 4.79 Å². The number of nitrogens with zero attached hydrogens (tertiary/aromatic N) is 1. The third-order valence-electron chi connectivity index (χ3n) is 3.15. The van der Waals surface area contributed by atoms with E-state index in [0.29, 0.717) is 6.54 Å². The number of rotatable bonds is 5. The summed E-state index contributed by atoms with van der Waals surface area (Å²) in [5, 5.41) is 8.99. The fraction of sp³-hybridized carbons (Fsp3) is 0.500. The second-order valence-corrected chi connectivity index (χ2v) is 4.60. The summed E-state index contributed by atoms with van der Waals surface area (Å²) >= 11 is 0. The number of hydrogen-bond donors (Lipinski definition) is 1. The minimum Gasteiger partial charge on any atom is -0.480 e. The molecular formula is C14H19NO3. The number of ether oxygens (including phenoxy) is 1. The largest absolute Gasteiger partial charge is 0.480 e. The van der Waals surface area contributed by atoms with Crippen molar-refractivity contribution in [2.24, 2.45) is 0 Å². The molecular weight excluding hydrogens is 230 g/mol. The first kappa shape index (κ1) is 12.9. The Kier molecular flexibility index (Phi) is 4.59. The van der Waals surface area contributed by atoms with E-state index in [0.717, 1.165) is 25.1 Å². The number of aliphatic carboxylic acids is 1. The number of anilines is 1. The molecule has 1 unspecified atom stereocenters. The van der Waals surface area contributed by atoms with Crippen LogP contribution in [-0.2, 0) is 9.53 Å². The Balaban J connectivity index is 2.02. The molecule has 1 fully saturated rings. The Bertz CT molecular complexity index is 374. The standard InChI is InChI=1S/C14H19NO3/c16-14(17)11-15(12-6-2-1-3-7-12)10-13-8-4-5-9-18-13/h1-3,6-7,13H,4-5,8-11H2,(H,16,17). The molecule has 0 amide bonds. The van der Waals surface area contributed by atoms with Gasteiger partial charge in [-0.1, -0.05) is 18.2 Å². The van der Waals surface area contributed by atoms with Crippen molar-refractivity contribution in [1.29, 1.82) is 0 Å². The van der Waals surface area contributed by atoms with Crippen LogP contribution in [0.4, 0.5) is 5.69 Å². The van der Waals surface area contributed by atoms with E-state index in [1.807, 2.05) is 35.2 Å². The molecule has 0 radical (unpaired) electrons. The molecule has 0 bridgehead atoms. The van der Waals surface area contributed by atoms with Crippen LogP contribution in [-0.4, -0.2) is 36.9 Å². The SMILES string of the molecule is O=C(O)CN(CC1CCCCO1)c1ccccc1. The smallest absolute Gasteiger partial charge is 0.323 e. The second-order valence-electron chi connectivity index (χ2n) is 4.60. The summed E-state index contributed by atoms with van der Waals surface area (Å²) < 4.78 is 5.68. The van der Waals surface area contributed by atoms with Gasteiger partial charge < -0.3 is 14.7 Å². The van der Waals surface area contributed by atoms with Crippen molar-refractivity contribution in [1.82, 2.24) is 0 Å². The molecule has 1 aliphatic rings. The van der Waals surface area contributed by atoms with Crippen molar-refractivity contribution in [3.8, 4) is 0 Å². The molecule has 98 valence electrons. The monoisotopic (exact) mass is 249 g/mol. The van der Waals surface area contributed by atoms with Gasteiger partial charge in [-0.25, -0.2) is 0 Å². The third-order valence-corrected chi connectivity index (χ3v) is 3.15. The minimum atomic E-state index is -0.810. The molecule has 0 aliphatic carbocycles. The number of hydrogen-bond acceptors (Lipinski definition) is 3. The van der Waals surface area contributed by atoms with E-state index >= 15 is 0 Å². The highest BCUT2D eigenvalue weighted by atomic mass is 16.5. The average molecular weight is 249 g/mol. The van der Waals surface area contributed by atoms with E-state index in [2.05, 4.69) is 0 Å². The third kappa shape index (κ3) is 3.74. The van der Waals surface area contributed by atoms with Gasteiger partial charge in [0.05, 0.1) is 6.10 Å². The molecule has 1 aromatic rings. The van der Waals surface area contributed by atoms with Gasteiger partial charge in [0.1, 0.15) is 6.54 Å². The van der Waals surface area contributed by atoms with Crippen LogP contribution in [0.1, 0.15) is 19.3 Å². The maximum absolute atomic E-state index is 10.9. The van der Waals surface area contributed by atoms with E-state index in [4.69, 9.17) is 9.84 Å². The van der Waals surface area contributed by atoms with Crippen LogP contribution in [0.15, 0.2) is 30.3 Å². The second kappa shape index (κ2) is 6.40. The van der Waals surface area contributed by atoms with Gasteiger partial charge in [0, 0.05) is 18.8 Å². The summed E-state index contributed by atoms with van der Waals surface area (Å²) in [6.45, 7) is 1.46. The first-order valence-corrected chi connectivity index (χ1v) is 6.39. The van der Waals surface area contributed by atoms with Crippen molar-refractivity contribution in [3.05, 3.63) is 30.3 Å². The Morgan fingerprint density at radius 2 is 2.11 bits per heavy atom. The number of benzene rings is 1. The number of carboxylic acid groups (broad SMARTS) is 1. The molecule has 0 saturated carbocycles. The minimum absolute atomic E-state index is 0.0177. The highest BCUT2D eigenvalue weighted by molar-refractivity contribution is 5.73. The van der Waals surface area contributed by atoms with Crippen molar-refractivity contribution in [3.63, 3.8) is 0 Å². The van der Waals surface area contributed by atoms with Gasteiger partial charge in [0.15, 0.2) is 0 Å². The summed E-state index contributed by atoms with van der Waals surface area (Å²) in [6, 6.07) is 9.65. The molecule has 0 spiro atoms. The Morgan fingerprint density at radius 3 is 2.72 bits per heavy atom. The molecule has 18 heavy (non-hydrogen) atoms. The Labute approximate surface area is 107 Å². The van der Waals surface area contributed by atoms with Gasteiger partial charge in [0.2, 0.25) is 0 Å². The van der Waals surface area contributed by atoms with E-state index < -0.39 is 5.97 Å². The van der Waals surface area contributed by atoms with Crippen molar-refractivity contribution in [2.45, 2.75) is 25.4 Å². The molecule has 0 aromatic heterocycles. The predicted molar refractivity (Wildman–Crippen MR) is 69.9 cm³/mol. The lowest BCUT2D eigenvalue weighted by Crippen LogP contribution is -2.38. The molecule has 1 atom stereocenters. The zero-order valence-corrected chi connectivity index (χ0v) is 10.4. The molecule has 4 heteroatoms. The van der Waals surface area contributed by atoms with E-state index in [-0.39, 0.29) is 12.6 Å². The van der Waals surface area contributed by atoms with Gasteiger partial charge in [-0.2, -0.15) is 0 Å². The molecule has 4 nitrogen and oxygen atoms in total. The zero-order valence-electron chi connectivity index (χ0n) is 10.4. The van der Waals surface area contributed by atoms with Gasteiger partial charge >= 0.3 is 5.97 Å². The molecule has 1 aromatic carbocycles. The predicted octanol–water partition coefficient (Wildman–Crippen LogP) is 2.15. The van der Waals surface area contributed by atoms with Gasteiger partial charge in [0.25, 0.3) is 0 Å². The normalized spacial score (nSPS) is 19.4. The first-order valence-electron chi connectivity index (χ1n) is 6.39. The number of para-hydroxylation sites is 1. The van der Waals surface area contributed by atoms with Crippen molar-refractivity contribution in [2.75, 3.05) is 24.6 Å². The lowest BCUT2D eigenvalue weighted by atomic mass is 10.1. The lowest BCUT2D eigenvalue weighted by molar-refractivity contribution is -0.135. The molecule has 1 N–H and O–H groups in total. The Morgan fingerprint density at radius 1 is 1.33 bits per heavy atom. The fourth-order valence-electron chi connectivity index (χ4n) is 2.26. The summed E-state index contributed by atoms with van der Waals surface area (Å²) in [5.41, 5.74) is 0.939.